The molecule has 0 heterocycles. The molecule has 3 rings (SSSR count). The van der Waals surface area contributed by atoms with Crippen LogP contribution in [0, 0.1) is 13.8 Å². The molecule has 0 radical (unpaired) electrons. The van der Waals surface area contributed by atoms with Gasteiger partial charge in [0, 0.05) is 11.4 Å². The maximum absolute atomic E-state index is 12.7. The predicted octanol–water partition coefficient (Wildman–Crippen LogP) is 4.68. The molecule has 0 aliphatic carbocycles. The van der Waals surface area contributed by atoms with E-state index >= 15 is 0 Å². The van der Waals surface area contributed by atoms with Crippen LogP contribution in [0.2, 0.25) is 0 Å². The monoisotopic (exact) mass is 438 g/mol. The van der Waals surface area contributed by atoms with Gasteiger partial charge in [-0.2, -0.15) is 0 Å². The number of carbonyl (C=O) groups excluding carboxylic acids is 1. The minimum atomic E-state index is -3.73. The highest BCUT2D eigenvalue weighted by atomic mass is 32.2. The van der Waals surface area contributed by atoms with E-state index in [0.717, 1.165) is 23.1 Å². The summed E-state index contributed by atoms with van der Waals surface area (Å²) in [6.07, 6.45) is 0.886. The van der Waals surface area contributed by atoms with Gasteiger partial charge in [0.15, 0.2) is 6.61 Å². The normalized spacial score (nSPS) is 11.1. The van der Waals surface area contributed by atoms with Crippen LogP contribution in [0.25, 0.3) is 0 Å². The first-order chi connectivity index (χ1) is 14.7. The second-order valence-corrected chi connectivity index (χ2v) is 9.03. The van der Waals surface area contributed by atoms with Gasteiger partial charge in [0.05, 0.1) is 4.90 Å². The van der Waals surface area contributed by atoms with Crippen molar-refractivity contribution in [2.24, 2.45) is 0 Å². The van der Waals surface area contributed by atoms with Gasteiger partial charge in [-0.05, 0) is 85.5 Å². The summed E-state index contributed by atoms with van der Waals surface area (Å²) < 4.78 is 33.4. The van der Waals surface area contributed by atoms with Crippen LogP contribution in [0.4, 0.5) is 11.4 Å². The van der Waals surface area contributed by atoms with Crippen molar-refractivity contribution in [2.45, 2.75) is 32.1 Å². The van der Waals surface area contributed by atoms with Crippen molar-refractivity contribution in [3.8, 4) is 5.75 Å². The van der Waals surface area contributed by atoms with E-state index in [1.54, 1.807) is 30.3 Å². The molecule has 0 unspecified atom stereocenters. The van der Waals surface area contributed by atoms with E-state index in [0.29, 0.717) is 17.1 Å². The van der Waals surface area contributed by atoms with Crippen LogP contribution in [0.3, 0.4) is 0 Å². The molecule has 0 spiro atoms. The Kier molecular flexibility index (Phi) is 6.97. The van der Waals surface area contributed by atoms with Crippen LogP contribution in [0.5, 0.6) is 5.75 Å². The fraction of sp³-hybridized carbons (Fsp3) is 0.208. The van der Waals surface area contributed by atoms with Gasteiger partial charge in [-0.15, -0.1) is 0 Å². The highest BCUT2D eigenvalue weighted by Gasteiger charge is 2.15. The molecule has 0 aliphatic heterocycles. The van der Waals surface area contributed by atoms with Crippen molar-refractivity contribution in [3.63, 3.8) is 0 Å². The molecule has 1 amide bonds. The topological polar surface area (TPSA) is 84.5 Å². The molecule has 3 aromatic rings. The number of ether oxygens (including phenoxy) is 1. The number of nitrogens with one attached hydrogen (secondary N) is 2. The van der Waals surface area contributed by atoms with Crippen molar-refractivity contribution < 1.29 is 17.9 Å². The fourth-order valence-electron chi connectivity index (χ4n) is 3.17. The van der Waals surface area contributed by atoms with Gasteiger partial charge in [0.1, 0.15) is 5.75 Å². The molecule has 0 aromatic heterocycles. The van der Waals surface area contributed by atoms with Gasteiger partial charge in [-0.25, -0.2) is 8.42 Å². The average molecular weight is 439 g/mol. The lowest BCUT2D eigenvalue weighted by Gasteiger charge is -2.11. The zero-order valence-corrected chi connectivity index (χ0v) is 18.6. The fourth-order valence-corrected chi connectivity index (χ4v) is 4.21. The van der Waals surface area contributed by atoms with Crippen LogP contribution in [-0.4, -0.2) is 20.9 Å². The number of carbonyl (C=O) groups is 1. The SMILES string of the molecule is CCc1cccc(OCC(=O)Nc2ccc(S(=O)(=O)Nc3cc(C)cc(C)c3)cc2)c1. The molecule has 7 heteroatoms. The second kappa shape index (κ2) is 9.66. The van der Waals surface area contributed by atoms with Crippen LogP contribution in [0.15, 0.2) is 71.6 Å². The van der Waals surface area contributed by atoms with Crippen molar-refractivity contribution in [1.82, 2.24) is 0 Å². The van der Waals surface area contributed by atoms with E-state index in [9.17, 15) is 13.2 Å². The summed E-state index contributed by atoms with van der Waals surface area (Å²) in [5.74, 6) is 0.305. The Labute approximate surface area is 183 Å². The summed E-state index contributed by atoms with van der Waals surface area (Å²) in [6.45, 7) is 5.73. The van der Waals surface area contributed by atoms with E-state index in [-0.39, 0.29) is 17.4 Å². The van der Waals surface area contributed by atoms with Crippen LogP contribution >= 0.6 is 0 Å². The summed E-state index contributed by atoms with van der Waals surface area (Å²) in [6, 6.07) is 19.1. The highest BCUT2D eigenvalue weighted by molar-refractivity contribution is 7.92. The molecule has 0 bridgehead atoms. The van der Waals surface area contributed by atoms with Gasteiger partial charge >= 0.3 is 0 Å². The first-order valence-electron chi connectivity index (χ1n) is 9.98. The van der Waals surface area contributed by atoms with Gasteiger partial charge in [-0.1, -0.05) is 25.1 Å². The molecule has 0 aliphatic rings. The minimum Gasteiger partial charge on any atom is -0.484 e. The molecule has 2 N–H and O–H groups in total. The van der Waals surface area contributed by atoms with E-state index in [4.69, 9.17) is 4.74 Å². The van der Waals surface area contributed by atoms with Gasteiger partial charge < -0.3 is 10.1 Å². The number of hydrogen-bond donors (Lipinski definition) is 2. The average Bonchev–Trinajstić information content (AvgIpc) is 2.72. The number of sulfonamides is 1. The quantitative estimate of drug-likeness (QED) is 0.535. The third kappa shape index (κ3) is 6.33. The Balaban J connectivity index is 1.60. The molecule has 0 fully saturated rings. The number of amides is 1. The lowest BCUT2D eigenvalue weighted by Crippen LogP contribution is -2.20. The molecule has 6 nitrogen and oxygen atoms in total. The number of anilines is 2. The highest BCUT2D eigenvalue weighted by Crippen LogP contribution is 2.20. The Hall–Kier alpha value is -3.32. The maximum atomic E-state index is 12.7. The lowest BCUT2D eigenvalue weighted by molar-refractivity contribution is -0.118. The zero-order chi connectivity index (χ0) is 22.4. The summed E-state index contributed by atoms with van der Waals surface area (Å²) in [7, 11) is -3.73. The molecule has 0 saturated carbocycles. The summed E-state index contributed by atoms with van der Waals surface area (Å²) >= 11 is 0. The first-order valence-corrected chi connectivity index (χ1v) is 11.5. The molecule has 162 valence electrons. The van der Waals surface area contributed by atoms with Gasteiger partial charge in [-0.3, -0.25) is 9.52 Å². The van der Waals surface area contributed by atoms with E-state index in [2.05, 4.69) is 10.0 Å². The minimum absolute atomic E-state index is 0.109. The third-order valence-corrected chi connectivity index (χ3v) is 6.00. The molecule has 0 atom stereocenters. The van der Waals surface area contributed by atoms with E-state index in [1.165, 1.54) is 12.1 Å². The van der Waals surface area contributed by atoms with Crippen LogP contribution in [0.1, 0.15) is 23.6 Å². The van der Waals surface area contributed by atoms with Crippen LogP contribution in [-0.2, 0) is 21.2 Å². The van der Waals surface area contributed by atoms with Crippen molar-refractivity contribution in [2.75, 3.05) is 16.6 Å². The van der Waals surface area contributed by atoms with E-state index in [1.807, 2.05) is 45.0 Å². The maximum Gasteiger partial charge on any atom is 0.262 e. The summed E-state index contributed by atoms with van der Waals surface area (Å²) in [5.41, 5.74) is 4.07. The largest absolute Gasteiger partial charge is 0.484 e. The Morgan fingerprint density at radius 2 is 1.58 bits per heavy atom. The van der Waals surface area contributed by atoms with Crippen molar-refractivity contribution in [1.29, 1.82) is 0 Å². The number of aryl methyl sites for hydroxylation is 3. The molecule has 3 aromatic carbocycles. The first kappa shape index (κ1) is 22.4. The Morgan fingerprint density at radius 3 is 2.23 bits per heavy atom. The van der Waals surface area contributed by atoms with E-state index < -0.39 is 10.0 Å². The molecular weight excluding hydrogens is 412 g/mol. The number of benzene rings is 3. The summed E-state index contributed by atoms with van der Waals surface area (Å²) in [5, 5.41) is 2.70. The number of rotatable bonds is 8. The van der Waals surface area contributed by atoms with Crippen molar-refractivity contribution >= 4 is 27.3 Å². The second-order valence-electron chi connectivity index (χ2n) is 7.34. The lowest BCUT2D eigenvalue weighted by atomic mass is 10.1. The smallest absolute Gasteiger partial charge is 0.262 e. The Bertz CT molecular complexity index is 1150. The third-order valence-electron chi connectivity index (χ3n) is 4.60. The van der Waals surface area contributed by atoms with Gasteiger partial charge in [0.25, 0.3) is 15.9 Å². The van der Waals surface area contributed by atoms with Crippen LogP contribution < -0.4 is 14.8 Å². The number of hydrogen-bond acceptors (Lipinski definition) is 4. The Morgan fingerprint density at radius 1 is 0.903 bits per heavy atom. The summed E-state index contributed by atoms with van der Waals surface area (Å²) in [4.78, 5) is 12.3. The van der Waals surface area contributed by atoms with Crippen molar-refractivity contribution in [3.05, 3.63) is 83.4 Å². The van der Waals surface area contributed by atoms with Gasteiger partial charge in [0.2, 0.25) is 0 Å². The molecule has 0 saturated heterocycles. The molecule has 31 heavy (non-hydrogen) atoms. The molecular formula is C24H26N2O4S. The zero-order valence-electron chi connectivity index (χ0n) is 17.8. The standard InChI is InChI=1S/C24H26N2O4S/c1-4-19-6-5-7-22(15-19)30-16-24(27)25-20-8-10-23(11-9-20)31(28,29)26-21-13-17(2)12-18(3)14-21/h5-15,26H,4,16H2,1-3H3,(H,25,27). The predicted molar refractivity (Wildman–Crippen MR) is 123 cm³/mol.